The van der Waals surface area contributed by atoms with E-state index >= 15 is 0 Å². The summed E-state index contributed by atoms with van der Waals surface area (Å²) in [5, 5.41) is 0.772. The van der Waals surface area contributed by atoms with Gasteiger partial charge in [-0.25, -0.2) is 0 Å². The molecule has 0 bridgehead atoms. The maximum Gasteiger partial charge on any atom is 0.231 e. The Morgan fingerprint density at radius 1 is 1.20 bits per heavy atom. The zero-order chi connectivity index (χ0) is 17.6. The SMILES string of the molecule is CN1CCN(C(=O)C2CCc3cc(Cl)ccc32)C(C)(N2CCCC2)C1. The molecular formula is C20H28ClN3O. The third-order valence-electron chi connectivity index (χ3n) is 6.39. The van der Waals surface area contributed by atoms with Crippen LogP contribution < -0.4 is 0 Å². The first kappa shape index (κ1) is 17.3. The molecule has 0 N–H and O–H groups in total. The fourth-order valence-corrected chi connectivity index (χ4v) is 5.23. The Kier molecular flexibility index (Phi) is 4.55. The van der Waals surface area contributed by atoms with Crippen molar-refractivity contribution in [2.75, 3.05) is 39.8 Å². The van der Waals surface area contributed by atoms with E-state index in [1.54, 1.807) is 0 Å². The van der Waals surface area contributed by atoms with Gasteiger partial charge < -0.3 is 9.80 Å². The van der Waals surface area contributed by atoms with Gasteiger partial charge in [0.05, 0.1) is 5.92 Å². The van der Waals surface area contributed by atoms with E-state index in [0.29, 0.717) is 5.91 Å². The Morgan fingerprint density at radius 3 is 2.72 bits per heavy atom. The lowest BCUT2D eigenvalue weighted by atomic mass is 9.96. The lowest BCUT2D eigenvalue weighted by molar-refractivity contribution is -0.155. The fraction of sp³-hybridized carbons (Fsp3) is 0.650. The minimum atomic E-state index is -0.185. The van der Waals surface area contributed by atoms with E-state index in [1.165, 1.54) is 24.0 Å². The van der Waals surface area contributed by atoms with Crippen LogP contribution in [0.1, 0.15) is 43.2 Å². The molecule has 4 rings (SSSR count). The van der Waals surface area contributed by atoms with Gasteiger partial charge in [-0.05, 0) is 62.9 Å². The Hall–Kier alpha value is -1.10. The highest BCUT2D eigenvalue weighted by atomic mass is 35.5. The lowest BCUT2D eigenvalue weighted by Crippen LogP contribution is -2.69. The van der Waals surface area contributed by atoms with Crippen LogP contribution in [0.4, 0.5) is 0 Å². The largest absolute Gasteiger partial charge is 0.321 e. The topological polar surface area (TPSA) is 26.8 Å². The first-order valence-corrected chi connectivity index (χ1v) is 9.90. The molecule has 0 radical (unpaired) electrons. The van der Waals surface area contributed by atoms with Gasteiger partial charge in [0.25, 0.3) is 0 Å². The monoisotopic (exact) mass is 361 g/mol. The summed E-state index contributed by atoms with van der Waals surface area (Å²) in [6, 6.07) is 6.03. The maximum absolute atomic E-state index is 13.6. The normalized spacial score (nSPS) is 30.7. The van der Waals surface area contributed by atoms with E-state index in [-0.39, 0.29) is 11.6 Å². The van der Waals surface area contributed by atoms with Crippen molar-refractivity contribution in [3.05, 3.63) is 34.3 Å². The number of benzene rings is 1. The number of carbonyl (C=O) groups is 1. The van der Waals surface area contributed by atoms with Crippen LogP contribution in [-0.2, 0) is 11.2 Å². The molecule has 1 amide bonds. The smallest absolute Gasteiger partial charge is 0.231 e. The van der Waals surface area contributed by atoms with E-state index < -0.39 is 0 Å². The summed E-state index contributed by atoms with van der Waals surface area (Å²) in [6.07, 6.45) is 4.36. The molecule has 1 aromatic carbocycles. The second-order valence-electron chi connectivity index (χ2n) is 8.07. The highest BCUT2D eigenvalue weighted by Gasteiger charge is 2.47. The lowest BCUT2D eigenvalue weighted by Gasteiger charge is -2.53. The van der Waals surface area contributed by atoms with Crippen molar-refractivity contribution in [3.63, 3.8) is 0 Å². The third-order valence-corrected chi connectivity index (χ3v) is 6.63. The number of piperazine rings is 1. The van der Waals surface area contributed by atoms with Gasteiger partial charge in [-0.3, -0.25) is 9.69 Å². The number of hydrogen-bond donors (Lipinski definition) is 0. The van der Waals surface area contributed by atoms with Crippen molar-refractivity contribution in [3.8, 4) is 0 Å². The number of nitrogens with zero attached hydrogens (tertiary/aromatic N) is 3. The summed E-state index contributed by atoms with van der Waals surface area (Å²) >= 11 is 6.14. The minimum Gasteiger partial charge on any atom is -0.321 e. The Bertz CT molecular complexity index is 673. The van der Waals surface area contributed by atoms with Crippen molar-refractivity contribution in [2.45, 2.75) is 44.2 Å². The van der Waals surface area contributed by atoms with Crippen LogP contribution in [0, 0.1) is 0 Å². The van der Waals surface area contributed by atoms with Crippen molar-refractivity contribution < 1.29 is 4.79 Å². The zero-order valence-corrected chi connectivity index (χ0v) is 16.1. The number of amides is 1. The van der Waals surface area contributed by atoms with Crippen LogP contribution in [0.5, 0.6) is 0 Å². The molecule has 2 aliphatic heterocycles. The fourth-order valence-electron chi connectivity index (χ4n) is 5.04. The average Bonchev–Trinajstić information content (AvgIpc) is 3.24. The first-order valence-electron chi connectivity index (χ1n) is 9.52. The molecule has 2 saturated heterocycles. The molecule has 0 aromatic heterocycles. The molecule has 4 nitrogen and oxygen atoms in total. The standard InChI is InChI=1S/C20H28ClN3O/c1-20(23-9-3-4-10-23)14-22(2)11-12-24(20)19(25)18-7-5-15-13-16(21)6-8-17(15)18/h6,8,13,18H,3-5,7,9-12,14H2,1-2H3. The van der Waals surface area contributed by atoms with Gasteiger partial charge in [0.15, 0.2) is 0 Å². The van der Waals surface area contributed by atoms with Crippen LogP contribution >= 0.6 is 11.6 Å². The zero-order valence-electron chi connectivity index (χ0n) is 15.3. The second-order valence-corrected chi connectivity index (χ2v) is 8.51. The predicted octanol–water partition coefficient (Wildman–Crippen LogP) is 2.96. The molecule has 0 saturated carbocycles. The van der Waals surface area contributed by atoms with Crippen LogP contribution in [0.25, 0.3) is 0 Å². The Morgan fingerprint density at radius 2 is 1.96 bits per heavy atom. The van der Waals surface area contributed by atoms with Crippen molar-refractivity contribution in [2.24, 2.45) is 0 Å². The first-order chi connectivity index (χ1) is 12.0. The maximum atomic E-state index is 13.6. The van der Waals surface area contributed by atoms with E-state index in [2.05, 4.69) is 34.7 Å². The highest BCUT2D eigenvalue weighted by Crippen LogP contribution is 2.39. The molecule has 0 spiro atoms. The molecule has 2 atom stereocenters. The van der Waals surface area contributed by atoms with E-state index in [0.717, 1.165) is 50.6 Å². The van der Waals surface area contributed by atoms with Gasteiger partial charge >= 0.3 is 0 Å². The Labute approximate surface area is 155 Å². The highest BCUT2D eigenvalue weighted by molar-refractivity contribution is 6.30. The minimum absolute atomic E-state index is 0.00222. The molecule has 5 heteroatoms. The summed E-state index contributed by atoms with van der Waals surface area (Å²) in [4.78, 5) is 20.7. The number of fused-ring (bicyclic) bond motifs is 1. The van der Waals surface area contributed by atoms with E-state index in [1.807, 2.05) is 12.1 Å². The number of carbonyl (C=O) groups excluding carboxylic acids is 1. The van der Waals surface area contributed by atoms with Crippen molar-refractivity contribution >= 4 is 17.5 Å². The van der Waals surface area contributed by atoms with Crippen molar-refractivity contribution in [1.29, 1.82) is 0 Å². The van der Waals surface area contributed by atoms with Gasteiger partial charge in [0.1, 0.15) is 5.66 Å². The predicted molar refractivity (Wildman–Crippen MR) is 101 cm³/mol. The molecule has 2 unspecified atom stereocenters. The van der Waals surface area contributed by atoms with Gasteiger partial charge in [0.2, 0.25) is 5.91 Å². The number of likely N-dealkylation sites (N-methyl/N-ethyl adjacent to an activating group) is 1. The molecular weight excluding hydrogens is 334 g/mol. The summed E-state index contributed by atoms with van der Waals surface area (Å²) in [5.74, 6) is 0.307. The van der Waals surface area contributed by atoms with Gasteiger partial charge in [-0.15, -0.1) is 0 Å². The van der Waals surface area contributed by atoms with Crippen LogP contribution in [0.15, 0.2) is 18.2 Å². The number of hydrogen-bond acceptors (Lipinski definition) is 3. The van der Waals surface area contributed by atoms with Gasteiger partial charge in [-0.1, -0.05) is 17.7 Å². The third kappa shape index (κ3) is 2.98. The summed E-state index contributed by atoms with van der Waals surface area (Å²) in [6.45, 7) is 7.18. The van der Waals surface area contributed by atoms with Gasteiger partial charge in [0, 0.05) is 37.7 Å². The van der Waals surface area contributed by atoms with Crippen LogP contribution in [0.2, 0.25) is 5.02 Å². The van der Waals surface area contributed by atoms with Crippen LogP contribution in [-0.4, -0.2) is 66.0 Å². The molecule has 2 fully saturated rings. The second kappa shape index (κ2) is 6.57. The van der Waals surface area contributed by atoms with E-state index in [4.69, 9.17) is 11.6 Å². The van der Waals surface area contributed by atoms with Gasteiger partial charge in [-0.2, -0.15) is 0 Å². The molecule has 1 aliphatic carbocycles. The Balaban J connectivity index is 1.62. The number of likely N-dealkylation sites (tertiary alicyclic amines) is 1. The average molecular weight is 362 g/mol. The number of aryl methyl sites for hydroxylation is 1. The molecule has 1 aromatic rings. The molecule has 25 heavy (non-hydrogen) atoms. The van der Waals surface area contributed by atoms with E-state index in [9.17, 15) is 4.79 Å². The molecule has 136 valence electrons. The number of rotatable bonds is 2. The molecule has 3 aliphatic rings. The van der Waals surface area contributed by atoms with Crippen LogP contribution in [0.3, 0.4) is 0 Å². The summed E-state index contributed by atoms with van der Waals surface area (Å²) in [5.41, 5.74) is 2.26. The quantitative estimate of drug-likeness (QED) is 0.810. The number of halogens is 1. The summed E-state index contributed by atoms with van der Waals surface area (Å²) in [7, 11) is 2.17. The molecule has 2 heterocycles. The summed E-state index contributed by atoms with van der Waals surface area (Å²) < 4.78 is 0. The van der Waals surface area contributed by atoms with Crippen molar-refractivity contribution in [1.82, 2.24) is 14.7 Å².